The molecule has 4 N–H and O–H groups in total. The predicted octanol–water partition coefficient (Wildman–Crippen LogP) is 4.82. The maximum Gasteiger partial charge on any atom is 0.267 e. The Morgan fingerprint density at radius 3 is 2.50 bits per heavy atom. The minimum Gasteiger partial charge on any atom is -0.504 e. The number of hydrogen-bond donors (Lipinski definition) is 4. The molecule has 1 aliphatic heterocycles. The van der Waals surface area contributed by atoms with Crippen LogP contribution in [-0.2, 0) is 11.3 Å². The molecule has 1 aliphatic rings. The summed E-state index contributed by atoms with van der Waals surface area (Å²) in [7, 11) is 3.07. The molecule has 12 heteroatoms. The monoisotopic (exact) mass is 624 g/mol. The third-order valence-corrected chi connectivity index (χ3v) is 7.87. The van der Waals surface area contributed by atoms with Gasteiger partial charge in [0, 0.05) is 66.4 Å². The van der Waals surface area contributed by atoms with Crippen LogP contribution in [0.25, 0.3) is 28.3 Å². The van der Waals surface area contributed by atoms with Crippen molar-refractivity contribution in [3.8, 4) is 45.6 Å². The predicted molar refractivity (Wildman–Crippen MR) is 170 cm³/mol. The number of rotatable bonds is 10. The van der Waals surface area contributed by atoms with E-state index in [0.29, 0.717) is 59.2 Å². The molecule has 2 aromatic heterocycles. The minimum atomic E-state index is -0.693. The fourth-order valence-electron chi connectivity index (χ4n) is 5.44. The number of halogens is 1. The molecule has 4 aromatic rings. The number of hydroxylamine groups is 1. The highest BCUT2D eigenvalue weighted by atomic mass is 19.1. The lowest BCUT2D eigenvalue weighted by molar-refractivity contribution is -0.124. The molecule has 0 spiro atoms. The highest BCUT2D eigenvalue weighted by molar-refractivity contribution is 5.91. The van der Waals surface area contributed by atoms with E-state index < -0.39 is 5.91 Å². The summed E-state index contributed by atoms with van der Waals surface area (Å²) < 4.78 is 25.9. The highest BCUT2D eigenvalue weighted by Gasteiger charge is 2.26. The maximum absolute atomic E-state index is 14.7. The van der Waals surface area contributed by atoms with Crippen molar-refractivity contribution in [2.24, 2.45) is 0 Å². The molecule has 1 saturated heterocycles. The maximum atomic E-state index is 14.7. The molecule has 0 saturated carbocycles. The van der Waals surface area contributed by atoms with Crippen LogP contribution < -0.4 is 25.2 Å². The molecule has 2 aromatic carbocycles. The number of benzene rings is 2. The lowest BCUT2D eigenvalue weighted by Crippen LogP contribution is -2.42. The van der Waals surface area contributed by atoms with Crippen molar-refractivity contribution in [3.05, 3.63) is 89.6 Å². The second-order valence-corrected chi connectivity index (χ2v) is 10.6. The van der Waals surface area contributed by atoms with E-state index in [2.05, 4.69) is 15.2 Å². The molecule has 0 aliphatic carbocycles. The van der Waals surface area contributed by atoms with Gasteiger partial charge >= 0.3 is 0 Å². The van der Waals surface area contributed by atoms with Gasteiger partial charge in [0.15, 0.2) is 23.1 Å². The van der Waals surface area contributed by atoms with Gasteiger partial charge in [-0.3, -0.25) is 10.0 Å². The Hall–Kier alpha value is -5.51. The fourth-order valence-corrected chi connectivity index (χ4v) is 5.44. The Kier molecular flexibility index (Phi) is 10.1. The summed E-state index contributed by atoms with van der Waals surface area (Å²) >= 11 is 0. The number of aromatic hydroxyl groups is 1. The third kappa shape index (κ3) is 7.07. The Balaban J connectivity index is 1.35. The van der Waals surface area contributed by atoms with Gasteiger partial charge in [-0.1, -0.05) is 18.2 Å². The van der Waals surface area contributed by atoms with Gasteiger partial charge in [0.2, 0.25) is 0 Å². The average Bonchev–Trinajstić information content (AvgIpc) is 3.09. The van der Waals surface area contributed by atoms with E-state index >= 15 is 0 Å². The van der Waals surface area contributed by atoms with Gasteiger partial charge < -0.3 is 24.8 Å². The molecule has 236 valence electrons. The lowest BCUT2D eigenvalue weighted by atomic mass is 9.95. The summed E-state index contributed by atoms with van der Waals surface area (Å²) in [6, 6.07) is 15.5. The molecule has 0 radical (unpaired) electrons. The quantitative estimate of drug-likeness (QED) is 0.110. The fraction of sp³-hybridized carbons (Fsp3) is 0.235. The van der Waals surface area contributed by atoms with Crippen LogP contribution in [0.2, 0.25) is 0 Å². The van der Waals surface area contributed by atoms with Crippen LogP contribution in [0.1, 0.15) is 29.7 Å². The number of nitriles is 1. The van der Waals surface area contributed by atoms with Crippen molar-refractivity contribution in [1.82, 2.24) is 20.8 Å². The van der Waals surface area contributed by atoms with Crippen molar-refractivity contribution in [2.45, 2.75) is 25.4 Å². The first-order valence-electron chi connectivity index (χ1n) is 14.5. The molecule has 0 bridgehead atoms. The summed E-state index contributed by atoms with van der Waals surface area (Å²) in [6.45, 7) is 1.69. The number of amides is 1. The first-order valence-corrected chi connectivity index (χ1v) is 14.5. The summed E-state index contributed by atoms with van der Waals surface area (Å²) in [6.07, 6.45) is 7.47. The van der Waals surface area contributed by atoms with E-state index in [9.17, 15) is 19.6 Å². The first-order chi connectivity index (χ1) is 22.3. The van der Waals surface area contributed by atoms with Crippen LogP contribution >= 0.6 is 0 Å². The molecular weight excluding hydrogens is 591 g/mol. The first kappa shape index (κ1) is 31.9. The highest BCUT2D eigenvalue weighted by Crippen LogP contribution is 2.45. The molecule has 11 nitrogen and oxygen atoms in total. The van der Waals surface area contributed by atoms with E-state index in [0.717, 1.165) is 30.0 Å². The van der Waals surface area contributed by atoms with Crippen LogP contribution in [0.15, 0.2) is 67.0 Å². The second-order valence-electron chi connectivity index (χ2n) is 10.6. The zero-order chi connectivity index (χ0) is 32.6. The van der Waals surface area contributed by atoms with E-state index in [1.54, 1.807) is 49.8 Å². The van der Waals surface area contributed by atoms with Crippen LogP contribution in [0.3, 0.4) is 0 Å². The number of phenolic OH excluding ortho intramolecular Hbond substituents is 1. The van der Waals surface area contributed by atoms with Crippen LogP contribution in [-0.4, -0.2) is 59.5 Å². The van der Waals surface area contributed by atoms with Crippen molar-refractivity contribution in [1.29, 1.82) is 5.26 Å². The number of anilines is 1. The molecule has 5 rings (SSSR count). The Morgan fingerprint density at radius 2 is 1.87 bits per heavy atom. The van der Waals surface area contributed by atoms with Gasteiger partial charge in [0.1, 0.15) is 17.6 Å². The number of piperidine rings is 1. The molecule has 3 heterocycles. The Morgan fingerprint density at radius 1 is 1.09 bits per heavy atom. The number of carbonyl (C=O) groups excluding carboxylic acids is 1. The summed E-state index contributed by atoms with van der Waals surface area (Å²) in [5.74, 6) is 0.452. The third-order valence-electron chi connectivity index (χ3n) is 7.87. The van der Waals surface area contributed by atoms with Gasteiger partial charge in [0.05, 0.1) is 14.2 Å². The number of aromatic nitrogens is 2. The smallest absolute Gasteiger partial charge is 0.267 e. The van der Waals surface area contributed by atoms with E-state index in [1.807, 2.05) is 18.2 Å². The SMILES string of the molecule is COc1ccc(-c2cnc(N3CCC(NCc4ccc(/C=C/C(=O)NO)cc4F)CC3)c(OC)c2-c2ccc(C#N)nc2)cc1O. The molecule has 0 atom stereocenters. The van der Waals surface area contributed by atoms with Crippen molar-refractivity contribution >= 4 is 17.8 Å². The number of phenols is 1. The lowest BCUT2D eigenvalue weighted by Gasteiger charge is -2.34. The van der Waals surface area contributed by atoms with Crippen molar-refractivity contribution in [2.75, 3.05) is 32.2 Å². The largest absolute Gasteiger partial charge is 0.504 e. The number of methoxy groups -OCH3 is 2. The van der Waals surface area contributed by atoms with Crippen LogP contribution in [0, 0.1) is 17.1 Å². The number of ether oxygens (including phenoxy) is 2. The molecule has 0 unspecified atom stereocenters. The number of pyridine rings is 2. The second kappa shape index (κ2) is 14.5. The zero-order valence-electron chi connectivity index (χ0n) is 25.3. The molecular formula is C34H33FN6O5. The van der Waals surface area contributed by atoms with Gasteiger partial charge in [-0.15, -0.1) is 0 Å². The van der Waals surface area contributed by atoms with Crippen LogP contribution in [0.5, 0.6) is 17.2 Å². The van der Waals surface area contributed by atoms with E-state index in [-0.39, 0.29) is 23.3 Å². The average molecular weight is 625 g/mol. The van der Waals surface area contributed by atoms with Gasteiger partial charge in [-0.05, 0) is 60.4 Å². The van der Waals surface area contributed by atoms with Gasteiger partial charge in [-0.25, -0.2) is 19.8 Å². The number of nitrogens with zero attached hydrogens (tertiary/aromatic N) is 4. The van der Waals surface area contributed by atoms with Crippen molar-refractivity contribution < 1.29 is 29.0 Å². The Bertz CT molecular complexity index is 1780. The van der Waals surface area contributed by atoms with E-state index in [4.69, 9.17) is 19.7 Å². The normalized spacial score (nSPS) is 13.4. The number of hydrogen-bond acceptors (Lipinski definition) is 10. The van der Waals surface area contributed by atoms with Crippen LogP contribution in [0.4, 0.5) is 10.2 Å². The Labute approximate surface area is 265 Å². The van der Waals surface area contributed by atoms with Gasteiger partial charge in [-0.2, -0.15) is 5.26 Å². The summed E-state index contributed by atoms with van der Waals surface area (Å²) in [5.41, 5.74) is 5.65. The molecule has 1 fully saturated rings. The number of carbonyl (C=O) groups is 1. The molecule has 1 amide bonds. The van der Waals surface area contributed by atoms with Crippen molar-refractivity contribution in [3.63, 3.8) is 0 Å². The van der Waals surface area contributed by atoms with E-state index in [1.165, 1.54) is 24.7 Å². The van der Waals surface area contributed by atoms with Gasteiger partial charge in [0.25, 0.3) is 5.91 Å². The topological polar surface area (TPSA) is 153 Å². The summed E-state index contributed by atoms with van der Waals surface area (Å²) in [4.78, 5) is 22.4. The minimum absolute atomic E-state index is 0.0127. The summed E-state index contributed by atoms with van der Waals surface area (Å²) in [5, 5.41) is 31.8. The standard InChI is InChI=1S/C34H33FN6O5/c1-45-30-9-7-22(16-29(30)42)27-20-39-34(33(46-2)32(27)24-6-8-26(17-36)38-19-24)41-13-11-25(12-14-41)37-18-23-5-3-21(15-28(23)35)4-10-31(43)40-44/h3-10,15-16,19-20,25,37,42,44H,11-14,18H2,1-2H3,(H,40,43)/b10-4+. The molecule has 46 heavy (non-hydrogen) atoms. The number of nitrogens with one attached hydrogen (secondary N) is 2. The zero-order valence-corrected chi connectivity index (χ0v) is 25.3.